The van der Waals surface area contributed by atoms with Crippen molar-refractivity contribution in [3.05, 3.63) is 89.5 Å². The maximum Gasteiger partial charge on any atom is 0.264 e. The molecule has 0 aromatic heterocycles. The van der Waals surface area contributed by atoms with Gasteiger partial charge in [0.25, 0.3) is 10.0 Å². The minimum atomic E-state index is -4.10. The highest BCUT2D eigenvalue weighted by Crippen LogP contribution is 2.28. The molecule has 0 saturated carbocycles. The van der Waals surface area contributed by atoms with E-state index in [-0.39, 0.29) is 23.3 Å². The molecule has 214 valence electrons. The number of rotatable bonds is 12. The Morgan fingerprint density at radius 1 is 0.925 bits per heavy atom. The van der Waals surface area contributed by atoms with Gasteiger partial charge in [-0.05, 0) is 68.1 Å². The summed E-state index contributed by atoms with van der Waals surface area (Å²) < 4.78 is 34.2. The third-order valence-electron chi connectivity index (χ3n) is 6.59. The van der Waals surface area contributed by atoms with Gasteiger partial charge in [-0.3, -0.25) is 13.9 Å². The first-order chi connectivity index (χ1) is 18.9. The van der Waals surface area contributed by atoms with E-state index < -0.39 is 28.5 Å². The van der Waals surface area contributed by atoms with E-state index >= 15 is 0 Å². The van der Waals surface area contributed by atoms with Crippen molar-refractivity contribution in [3.8, 4) is 5.75 Å². The molecule has 9 heteroatoms. The number of aryl methyl sites for hydroxylation is 2. The summed E-state index contributed by atoms with van der Waals surface area (Å²) in [5.74, 6) is 0.0966. The van der Waals surface area contributed by atoms with Crippen LogP contribution in [0.2, 0.25) is 0 Å². The molecular weight excluding hydrogens is 526 g/mol. The van der Waals surface area contributed by atoms with Crippen molar-refractivity contribution in [2.75, 3.05) is 24.5 Å². The van der Waals surface area contributed by atoms with Crippen LogP contribution in [0.4, 0.5) is 5.69 Å². The lowest BCUT2D eigenvalue weighted by Crippen LogP contribution is -2.51. The van der Waals surface area contributed by atoms with E-state index in [1.807, 2.05) is 52.0 Å². The molecule has 0 aliphatic heterocycles. The molecular formula is C31H39N3O5S. The maximum absolute atomic E-state index is 14.0. The zero-order valence-corrected chi connectivity index (χ0v) is 24.9. The molecule has 0 unspecified atom stereocenters. The Labute approximate surface area is 238 Å². The summed E-state index contributed by atoms with van der Waals surface area (Å²) >= 11 is 0. The number of nitrogens with zero attached hydrogens (tertiary/aromatic N) is 2. The van der Waals surface area contributed by atoms with Crippen LogP contribution >= 0.6 is 0 Å². The lowest BCUT2D eigenvalue weighted by atomic mass is 10.1. The van der Waals surface area contributed by atoms with Crippen LogP contribution in [0.15, 0.2) is 77.7 Å². The minimum absolute atomic E-state index is 0.0761. The SMILES string of the molecule is COc1ccc(CN(C(=O)CN(c2ccc(C)cc2C)S(=O)(=O)c2ccccc2)[C@@H](C)C(=O)NCC(C)C)cc1. The monoisotopic (exact) mass is 565 g/mol. The third-order valence-corrected chi connectivity index (χ3v) is 8.37. The van der Waals surface area contributed by atoms with Crippen LogP contribution in [0, 0.1) is 19.8 Å². The summed E-state index contributed by atoms with van der Waals surface area (Å²) in [7, 11) is -2.53. The Balaban J connectivity index is 2.02. The zero-order chi connectivity index (χ0) is 29.4. The summed E-state index contributed by atoms with van der Waals surface area (Å²) in [4.78, 5) is 28.6. The minimum Gasteiger partial charge on any atom is -0.497 e. The fraction of sp³-hybridized carbons (Fsp3) is 0.355. The average Bonchev–Trinajstić information content (AvgIpc) is 2.94. The first-order valence-electron chi connectivity index (χ1n) is 13.3. The number of benzene rings is 3. The van der Waals surface area contributed by atoms with Crippen LogP contribution in [0.25, 0.3) is 0 Å². The molecule has 1 atom stereocenters. The van der Waals surface area contributed by atoms with Gasteiger partial charge in [-0.15, -0.1) is 0 Å². The highest BCUT2D eigenvalue weighted by Gasteiger charge is 2.33. The highest BCUT2D eigenvalue weighted by atomic mass is 32.2. The number of sulfonamides is 1. The van der Waals surface area contributed by atoms with E-state index in [2.05, 4.69) is 5.32 Å². The Kier molecular flexibility index (Phi) is 10.3. The molecule has 0 heterocycles. The number of nitrogens with one attached hydrogen (secondary N) is 1. The van der Waals surface area contributed by atoms with Crippen molar-refractivity contribution in [2.45, 2.75) is 52.1 Å². The van der Waals surface area contributed by atoms with Gasteiger partial charge < -0.3 is 15.0 Å². The molecule has 0 fully saturated rings. The molecule has 0 saturated heterocycles. The molecule has 3 rings (SSSR count). The first kappa shape index (κ1) is 30.7. The number of anilines is 1. The van der Waals surface area contributed by atoms with Crippen molar-refractivity contribution in [1.29, 1.82) is 0 Å². The molecule has 0 bridgehead atoms. The third kappa shape index (κ3) is 7.63. The highest BCUT2D eigenvalue weighted by molar-refractivity contribution is 7.92. The largest absolute Gasteiger partial charge is 0.497 e. The number of amides is 2. The summed E-state index contributed by atoms with van der Waals surface area (Å²) in [6.45, 7) is 9.48. The Morgan fingerprint density at radius 3 is 2.15 bits per heavy atom. The van der Waals surface area contributed by atoms with Crippen LogP contribution in [0.1, 0.15) is 37.5 Å². The van der Waals surface area contributed by atoms with Crippen molar-refractivity contribution in [3.63, 3.8) is 0 Å². The topological polar surface area (TPSA) is 96.0 Å². The van der Waals surface area contributed by atoms with E-state index in [1.54, 1.807) is 50.4 Å². The number of ether oxygens (including phenoxy) is 1. The second kappa shape index (κ2) is 13.5. The van der Waals surface area contributed by atoms with E-state index in [4.69, 9.17) is 4.74 Å². The molecule has 0 spiro atoms. The van der Waals surface area contributed by atoms with Crippen molar-refractivity contribution in [2.24, 2.45) is 5.92 Å². The van der Waals surface area contributed by atoms with Gasteiger partial charge in [-0.2, -0.15) is 0 Å². The van der Waals surface area contributed by atoms with Gasteiger partial charge in [0.05, 0.1) is 17.7 Å². The number of carbonyl (C=O) groups excluding carboxylic acids is 2. The molecule has 40 heavy (non-hydrogen) atoms. The summed E-state index contributed by atoms with van der Waals surface area (Å²) in [6.07, 6.45) is 0. The quantitative estimate of drug-likeness (QED) is 0.344. The van der Waals surface area contributed by atoms with Gasteiger partial charge in [0.2, 0.25) is 11.8 Å². The van der Waals surface area contributed by atoms with Crippen LogP contribution in [0.3, 0.4) is 0 Å². The van der Waals surface area contributed by atoms with Gasteiger partial charge in [0, 0.05) is 13.1 Å². The van der Waals surface area contributed by atoms with E-state index in [1.165, 1.54) is 17.0 Å². The van der Waals surface area contributed by atoms with Crippen molar-refractivity contribution >= 4 is 27.5 Å². The molecule has 0 aliphatic rings. The average molecular weight is 566 g/mol. The van der Waals surface area contributed by atoms with E-state index in [0.717, 1.165) is 21.0 Å². The molecule has 0 radical (unpaired) electrons. The fourth-order valence-corrected chi connectivity index (χ4v) is 5.78. The van der Waals surface area contributed by atoms with Gasteiger partial charge in [-0.1, -0.05) is 61.9 Å². The Bertz CT molecular complexity index is 1410. The van der Waals surface area contributed by atoms with E-state index in [0.29, 0.717) is 18.0 Å². The van der Waals surface area contributed by atoms with Crippen molar-refractivity contribution in [1.82, 2.24) is 10.2 Å². The van der Waals surface area contributed by atoms with Crippen LogP contribution in [0.5, 0.6) is 5.75 Å². The molecule has 0 aliphatic carbocycles. The van der Waals surface area contributed by atoms with Gasteiger partial charge in [-0.25, -0.2) is 8.42 Å². The fourth-order valence-electron chi connectivity index (χ4n) is 4.28. The molecule has 3 aromatic rings. The number of hydrogen-bond acceptors (Lipinski definition) is 5. The second-order valence-corrected chi connectivity index (χ2v) is 12.2. The van der Waals surface area contributed by atoms with Crippen LogP contribution in [-0.4, -0.2) is 51.4 Å². The first-order valence-corrected chi connectivity index (χ1v) is 14.7. The Hall–Kier alpha value is -3.85. The van der Waals surface area contributed by atoms with Crippen molar-refractivity contribution < 1.29 is 22.7 Å². The van der Waals surface area contributed by atoms with Crippen LogP contribution in [-0.2, 0) is 26.2 Å². The number of carbonyl (C=O) groups is 2. The standard InChI is InChI=1S/C31H39N3O5S/c1-22(2)19-32-31(36)25(5)33(20-26-13-15-27(39-6)16-14-26)30(35)21-34(29-17-12-23(3)18-24(29)4)40(37,38)28-10-8-7-9-11-28/h7-18,22,25H,19-21H2,1-6H3,(H,32,36)/t25-/m0/s1. The van der Waals surface area contributed by atoms with Gasteiger partial charge >= 0.3 is 0 Å². The van der Waals surface area contributed by atoms with E-state index in [9.17, 15) is 18.0 Å². The molecule has 1 N–H and O–H groups in total. The summed E-state index contributed by atoms with van der Waals surface area (Å²) in [6, 6.07) is 19.8. The lowest BCUT2D eigenvalue weighted by Gasteiger charge is -2.32. The zero-order valence-electron chi connectivity index (χ0n) is 24.0. The predicted molar refractivity (Wildman–Crippen MR) is 158 cm³/mol. The lowest BCUT2D eigenvalue weighted by molar-refractivity contribution is -0.139. The number of hydrogen-bond donors (Lipinski definition) is 1. The summed E-state index contributed by atoms with van der Waals surface area (Å²) in [5.41, 5.74) is 2.88. The maximum atomic E-state index is 14.0. The summed E-state index contributed by atoms with van der Waals surface area (Å²) in [5, 5.41) is 2.89. The molecule has 2 amide bonds. The Morgan fingerprint density at radius 2 is 1.57 bits per heavy atom. The predicted octanol–water partition coefficient (Wildman–Crippen LogP) is 4.70. The smallest absolute Gasteiger partial charge is 0.264 e. The molecule has 8 nitrogen and oxygen atoms in total. The second-order valence-electron chi connectivity index (χ2n) is 10.3. The molecule has 3 aromatic carbocycles. The van der Waals surface area contributed by atoms with Gasteiger partial charge in [0.15, 0.2) is 0 Å². The van der Waals surface area contributed by atoms with Crippen LogP contribution < -0.4 is 14.4 Å². The van der Waals surface area contributed by atoms with Gasteiger partial charge in [0.1, 0.15) is 18.3 Å². The number of methoxy groups -OCH3 is 1. The normalized spacial score (nSPS) is 12.1.